The number of aliphatic hydroxyl groups is 1. The summed E-state index contributed by atoms with van der Waals surface area (Å²) in [6, 6.07) is 2.93. The van der Waals surface area contributed by atoms with E-state index in [0.29, 0.717) is 23.5 Å². The second-order valence-corrected chi connectivity index (χ2v) is 6.98. The van der Waals surface area contributed by atoms with E-state index in [1.54, 1.807) is 19.9 Å². The standard InChI is InChI=1S/C18H22O6/c1-9(2)22-8-10-5-12(19)16-14(23-10)7-13-11(17(16)20)6-15(24-13)18(3,4)21/h5,7,9,15,20-21H,6,8H2,1-4H3. The number of hydrogen-bond acceptors (Lipinski definition) is 6. The molecule has 6 nitrogen and oxygen atoms in total. The topological polar surface area (TPSA) is 89.1 Å². The Bertz CT molecular complexity index is 828. The highest BCUT2D eigenvalue weighted by Crippen LogP contribution is 2.42. The number of phenols is 1. The van der Waals surface area contributed by atoms with Gasteiger partial charge in [-0.2, -0.15) is 0 Å². The molecule has 3 rings (SSSR count). The number of benzene rings is 1. The van der Waals surface area contributed by atoms with Crippen LogP contribution in [0.25, 0.3) is 11.0 Å². The van der Waals surface area contributed by atoms with Gasteiger partial charge in [-0.25, -0.2) is 0 Å². The molecule has 1 atom stereocenters. The summed E-state index contributed by atoms with van der Waals surface area (Å²) in [5.41, 5.74) is -0.623. The van der Waals surface area contributed by atoms with E-state index in [4.69, 9.17) is 13.9 Å². The van der Waals surface area contributed by atoms with Gasteiger partial charge in [0.2, 0.25) is 0 Å². The quantitative estimate of drug-likeness (QED) is 0.893. The van der Waals surface area contributed by atoms with Crippen LogP contribution in [0.3, 0.4) is 0 Å². The Kier molecular flexibility index (Phi) is 4.05. The van der Waals surface area contributed by atoms with Gasteiger partial charge in [0.25, 0.3) is 0 Å². The molecule has 130 valence electrons. The van der Waals surface area contributed by atoms with Crippen LogP contribution < -0.4 is 10.2 Å². The number of fused-ring (bicyclic) bond motifs is 2. The molecular weight excluding hydrogens is 312 g/mol. The molecule has 0 spiro atoms. The van der Waals surface area contributed by atoms with E-state index < -0.39 is 11.7 Å². The lowest BCUT2D eigenvalue weighted by Crippen LogP contribution is -2.39. The minimum Gasteiger partial charge on any atom is -0.507 e. The molecule has 0 saturated carbocycles. The fraction of sp³-hybridized carbons (Fsp3) is 0.500. The van der Waals surface area contributed by atoms with Gasteiger partial charge in [0.1, 0.15) is 40.9 Å². The molecule has 1 unspecified atom stereocenters. The lowest BCUT2D eigenvalue weighted by molar-refractivity contribution is -0.0229. The van der Waals surface area contributed by atoms with Gasteiger partial charge in [-0.15, -0.1) is 0 Å². The minimum atomic E-state index is -1.06. The Hall–Kier alpha value is -2.05. The van der Waals surface area contributed by atoms with E-state index in [9.17, 15) is 15.0 Å². The molecule has 2 aromatic rings. The summed E-state index contributed by atoms with van der Waals surface area (Å²) in [7, 11) is 0. The van der Waals surface area contributed by atoms with Crippen LogP contribution in [0.2, 0.25) is 0 Å². The number of ether oxygens (including phenoxy) is 2. The molecule has 6 heteroatoms. The number of hydrogen-bond donors (Lipinski definition) is 2. The maximum Gasteiger partial charge on any atom is 0.196 e. The van der Waals surface area contributed by atoms with Crippen molar-refractivity contribution in [2.24, 2.45) is 0 Å². The molecule has 0 radical (unpaired) electrons. The van der Waals surface area contributed by atoms with E-state index in [1.807, 2.05) is 13.8 Å². The summed E-state index contributed by atoms with van der Waals surface area (Å²) >= 11 is 0. The van der Waals surface area contributed by atoms with Crippen LogP contribution >= 0.6 is 0 Å². The molecule has 1 aliphatic rings. The third kappa shape index (κ3) is 2.99. The van der Waals surface area contributed by atoms with Crippen molar-refractivity contribution in [1.29, 1.82) is 0 Å². The molecule has 0 bridgehead atoms. The van der Waals surface area contributed by atoms with Crippen LogP contribution in [0.5, 0.6) is 11.5 Å². The third-order valence-electron chi connectivity index (χ3n) is 4.11. The smallest absolute Gasteiger partial charge is 0.196 e. The highest BCUT2D eigenvalue weighted by atomic mass is 16.5. The average molecular weight is 334 g/mol. The van der Waals surface area contributed by atoms with Gasteiger partial charge >= 0.3 is 0 Å². The summed E-state index contributed by atoms with van der Waals surface area (Å²) in [5, 5.41) is 20.7. The maximum absolute atomic E-state index is 12.4. The Balaban J connectivity index is 2.06. The molecule has 0 amide bonds. The lowest BCUT2D eigenvalue weighted by Gasteiger charge is -2.24. The summed E-state index contributed by atoms with van der Waals surface area (Å²) in [4.78, 5) is 12.4. The highest BCUT2D eigenvalue weighted by molar-refractivity contribution is 5.87. The van der Waals surface area contributed by atoms with Crippen LogP contribution in [0.15, 0.2) is 21.3 Å². The Morgan fingerprint density at radius 2 is 2.08 bits per heavy atom. The first-order chi connectivity index (χ1) is 11.2. The zero-order valence-electron chi connectivity index (χ0n) is 14.3. The van der Waals surface area contributed by atoms with Crippen molar-refractivity contribution in [2.75, 3.05) is 0 Å². The van der Waals surface area contributed by atoms with Crippen LogP contribution in [0, 0.1) is 0 Å². The van der Waals surface area contributed by atoms with Gasteiger partial charge < -0.3 is 24.1 Å². The second-order valence-electron chi connectivity index (χ2n) is 6.98. The first-order valence-electron chi connectivity index (χ1n) is 7.99. The van der Waals surface area contributed by atoms with E-state index >= 15 is 0 Å². The summed E-state index contributed by atoms with van der Waals surface area (Å²) in [6.07, 6.45) is -0.150. The first kappa shape index (κ1) is 16.8. The van der Waals surface area contributed by atoms with E-state index in [1.165, 1.54) is 6.07 Å². The Labute approximate surface area is 139 Å². The van der Waals surface area contributed by atoms with Gasteiger partial charge in [0.05, 0.1) is 11.7 Å². The minimum absolute atomic E-state index is 0.00954. The van der Waals surface area contributed by atoms with Crippen LogP contribution in [-0.4, -0.2) is 28.0 Å². The van der Waals surface area contributed by atoms with Crippen molar-refractivity contribution in [3.8, 4) is 11.5 Å². The van der Waals surface area contributed by atoms with Crippen molar-refractivity contribution in [1.82, 2.24) is 0 Å². The molecule has 2 heterocycles. The Morgan fingerprint density at radius 1 is 1.38 bits per heavy atom. The van der Waals surface area contributed by atoms with Gasteiger partial charge in [-0.05, 0) is 27.7 Å². The number of aromatic hydroxyl groups is 1. The molecule has 0 saturated heterocycles. The fourth-order valence-electron chi connectivity index (χ4n) is 2.77. The predicted molar refractivity (Wildman–Crippen MR) is 88.5 cm³/mol. The lowest BCUT2D eigenvalue weighted by atomic mass is 9.96. The van der Waals surface area contributed by atoms with Gasteiger partial charge in [0, 0.05) is 24.1 Å². The molecule has 1 aromatic heterocycles. The van der Waals surface area contributed by atoms with E-state index in [-0.39, 0.29) is 34.9 Å². The number of rotatable bonds is 4. The molecule has 0 aliphatic carbocycles. The average Bonchev–Trinajstić information content (AvgIpc) is 2.89. The monoisotopic (exact) mass is 334 g/mol. The van der Waals surface area contributed by atoms with Gasteiger partial charge in [0.15, 0.2) is 5.43 Å². The van der Waals surface area contributed by atoms with Crippen LogP contribution in [-0.2, 0) is 17.8 Å². The first-order valence-corrected chi connectivity index (χ1v) is 7.99. The fourth-order valence-corrected chi connectivity index (χ4v) is 2.77. The van der Waals surface area contributed by atoms with Crippen molar-refractivity contribution in [3.63, 3.8) is 0 Å². The normalized spacial score (nSPS) is 17.3. The summed E-state index contributed by atoms with van der Waals surface area (Å²) in [5.74, 6) is 0.675. The Morgan fingerprint density at radius 3 is 2.71 bits per heavy atom. The largest absolute Gasteiger partial charge is 0.507 e. The van der Waals surface area contributed by atoms with E-state index in [2.05, 4.69) is 0 Å². The van der Waals surface area contributed by atoms with Gasteiger partial charge in [-0.3, -0.25) is 4.79 Å². The third-order valence-corrected chi connectivity index (χ3v) is 4.11. The molecule has 24 heavy (non-hydrogen) atoms. The molecule has 2 N–H and O–H groups in total. The molecule has 0 fully saturated rings. The maximum atomic E-state index is 12.4. The summed E-state index contributed by atoms with van der Waals surface area (Å²) < 4.78 is 16.9. The summed E-state index contributed by atoms with van der Waals surface area (Å²) in [6.45, 7) is 7.24. The van der Waals surface area contributed by atoms with Crippen LogP contribution in [0.1, 0.15) is 39.0 Å². The highest BCUT2D eigenvalue weighted by Gasteiger charge is 2.37. The van der Waals surface area contributed by atoms with Crippen molar-refractivity contribution < 1.29 is 24.1 Å². The molecule has 1 aliphatic heterocycles. The molecular formula is C18H22O6. The zero-order chi connectivity index (χ0) is 17.6. The van der Waals surface area contributed by atoms with E-state index in [0.717, 1.165) is 0 Å². The van der Waals surface area contributed by atoms with Crippen molar-refractivity contribution in [3.05, 3.63) is 33.7 Å². The van der Waals surface area contributed by atoms with Crippen molar-refractivity contribution >= 4 is 11.0 Å². The second kappa shape index (κ2) is 5.79. The van der Waals surface area contributed by atoms with Gasteiger partial charge in [-0.1, -0.05) is 0 Å². The van der Waals surface area contributed by atoms with Crippen molar-refractivity contribution in [2.45, 2.75) is 58.5 Å². The predicted octanol–water partition coefficient (Wildman–Crippen LogP) is 2.50. The van der Waals surface area contributed by atoms with Crippen LogP contribution in [0.4, 0.5) is 0 Å². The molecule has 1 aromatic carbocycles. The SMILES string of the molecule is CC(C)OCc1cc(=O)c2c(O)c3c(cc2o1)OC(C(C)(C)O)C3. The zero-order valence-corrected chi connectivity index (χ0v) is 14.3. The number of phenolic OH excluding ortho intramolecular Hbond substituents is 1.